The lowest BCUT2D eigenvalue weighted by Gasteiger charge is -2.28. The molecule has 2 aromatic heterocycles. The summed E-state index contributed by atoms with van der Waals surface area (Å²) >= 11 is 0. The summed E-state index contributed by atoms with van der Waals surface area (Å²) in [5.74, 6) is -0.387. The van der Waals surface area contributed by atoms with Crippen LogP contribution < -0.4 is 0 Å². The van der Waals surface area contributed by atoms with Crippen LogP contribution in [0.3, 0.4) is 0 Å². The molecule has 4 rings (SSSR count). The topological polar surface area (TPSA) is 51.0 Å². The zero-order valence-electron chi connectivity index (χ0n) is 18.1. The summed E-state index contributed by atoms with van der Waals surface area (Å²) in [5, 5.41) is 5.13. The number of rotatable bonds is 5. The molecule has 6 heteroatoms. The first kappa shape index (κ1) is 20.7. The molecule has 31 heavy (non-hydrogen) atoms. The van der Waals surface area contributed by atoms with E-state index in [4.69, 9.17) is 4.98 Å². The predicted octanol–water partition coefficient (Wildman–Crippen LogP) is 5.31. The molecule has 4 aromatic rings. The summed E-state index contributed by atoms with van der Waals surface area (Å²) in [6, 6.07) is 15.7. The Hall–Kier alpha value is -3.54. The Labute approximate surface area is 181 Å². The predicted molar refractivity (Wildman–Crippen MR) is 120 cm³/mol. The second-order valence-corrected chi connectivity index (χ2v) is 7.73. The highest BCUT2D eigenvalue weighted by atomic mass is 19.1. The van der Waals surface area contributed by atoms with Crippen LogP contribution in [0.1, 0.15) is 41.0 Å². The van der Waals surface area contributed by atoms with E-state index in [-0.39, 0.29) is 17.8 Å². The molecule has 1 amide bonds. The number of benzene rings is 2. The monoisotopic (exact) mass is 416 g/mol. The molecule has 0 saturated heterocycles. The van der Waals surface area contributed by atoms with Gasteiger partial charge in [0.2, 0.25) is 0 Å². The van der Waals surface area contributed by atoms with Gasteiger partial charge in [-0.05, 0) is 43.2 Å². The Morgan fingerprint density at radius 2 is 1.87 bits per heavy atom. The third kappa shape index (κ3) is 3.81. The summed E-state index contributed by atoms with van der Waals surface area (Å²) in [5.41, 5.74) is 4.85. The van der Waals surface area contributed by atoms with Crippen LogP contribution in [0.5, 0.6) is 0 Å². The molecule has 0 spiro atoms. The van der Waals surface area contributed by atoms with Crippen molar-refractivity contribution in [3.63, 3.8) is 0 Å². The second-order valence-electron chi connectivity index (χ2n) is 7.73. The molecule has 2 heterocycles. The molecular weight excluding hydrogens is 391 g/mol. The Balaban J connectivity index is 1.81. The van der Waals surface area contributed by atoms with Crippen LogP contribution in [-0.4, -0.2) is 32.6 Å². The molecule has 0 N–H and O–H groups in total. The van der Waals surface area contributed by atoms with Crippen molar-refractivity contribution in [3.8, 4) is 11.3 Å². The smallest absolute Gasteiger partial charge is 0.254 e. The van der Waals surface area contributed by atoms with E-state index in [0.29, 0.717) is 12.0 Å². The van der Waals surface area contributed by atoms with E-state index in [2.05, 4.69) is 5.10 Å². The number of hydrogen-bond donors (Lipinski definition) is 0. The van der Waals surface area contributed by atoms with E-state index in [1.54, 1.807) is 35.0 Å². The van der Waals surface area contributed by atoms with Crippen LogP contribution in [0.15, 0.2) is 60.8 Å². The number of hydrogen-bond acceptors (Lipinski definition) is 3. The lowest BCUT2D eigenvalue weighted by Crippen LogP contribution is -2.31. The van der Waals surface area contributed by atoms with E-state index < -0.39 is 0 Å². The molecule has 2 aromatic carbocycles. The van der Waals surface area contributed by atoms with Crippen LogP contribution in [0.2, 0.25) is 0 Å². The minimum absolute atomic E-state index is 0.0995. The maximum atomic E-state index is 13.7. The number of aromatic nitrogens is 3. The average molecular weight is 417 g/mol. The van der Waals surface area contributed by atoms with Gasteiger partial charge < -0.3 is 4.90 Å². The minimum Gasteiger partial charge on any atom is -0.335 e. The summed E-state index contributed by atoms with van der Waals surface area (Å²) in [7, 11) is 3.68. The first-order valence-corrected chi connectivity index (χ1v) is 10.3. The lowest BCUT2D eigenvalue weighted by molar-refractivity contribution is 0.0728. The largest absolute Gasteiger partial charge is 0.335 e. The Morgan fingerprint density at radius 3 is 2.52 bits per heavy atom. The summed E-state index contributed by atoms with van der Waals surface area (Å²) in [6.07, 6.45) is 2.49. The van der Waals surface area contributed by atoms with Gasteiger partial charge in [0.1, 0.15) is 5.82 Å². The number of fused-ring (bicyclic) bond motifs is 1. The van der Waals surface area contributed by atoms with E-state index >= 15 is 0 Å². The third-order valence-corrected chi connectivity index (χ3v) is 5.89. The van der Waals surface area contributed by atoms with Crippen molar-refractivity contribution in [2.75, 3.05) is 7.05 Å². The van der Waals surface area contributed by atoms with Gasteiger partial charge in [-0.15, -0.1) is 0 Å². The van der Waals surface area contributed by atoms with Gasteiger partial charge in [0.25, 0.3) is 5.91 Å². The molecule has 5 nitrogen and oxygen atoms in total. The second kappa shape index (κ2) is 8.30. The molecule has 0 radical (unpaired) electrons. The molecule has 0 aliphatic rings. The number of nitrogens with zero attached hydrogens (tertiary/aromatic N) is 4. The van der Waals surface area contributed by atoms with Gasteiger partial charge in [0.15, 0.2) is 0 Å². The van der Waals surface area contributed by atoms with Crippen molar-refractivity contribution in [1.29, 1.82) is 0 Å². The van der Waals surface area contributed by atoms with Crippen molar-refractivity contribution in [2.45, 2.75) is 26.3 Å². The van der Waals surface area contributed by atoms with Crippen LogP contribution in [-0.2, 0) is 7.05 Å². The van der Waals surface area contributed by atoms with Crippen molar-refractivity contribution < 1.29 is 9.18 Å². The molecule has 158 valence electrons. The maximum Gasteiger partial charge on any atom is 0.254 e. The van der Waals surface area contributed by atoms with Crippen molar-refractivity contribution in [2.24, 2.45) is 7.05 Å². The summed E-state index contributed by atoms with van der Waals surface area (Å²) in [6.45, 7) is 4.00. The normalized spacial score (nSPS) is 12.2. The number of carbonyl (C=O) groups is 1. The van der Waals surface area contributed by atoms with Crippen LogP contribution in [0.25, 0.3) is 22.2 Å². The zero-order chi connectivity index (χ0) is 22.1. The first-order valence-electron chi connectivity index (χ1n) is 10.3. The third-order valence-electron chi connectivity index (χ3n) is 5.89. The Kier molecular flexibility index (Phi) is 5.55. The zero-order valence-corrected chi connectivity index (χ0v) is 18.1. The number of para-hydroxylation sites is 1. The van der Waals surface area contributed by atoms with E-state index in [1.807, 2.05) is 51.2 Å². The molecule has 0 aliphatic carbocycles. The van der Waals surface area contributed by atoms with Crippen LogP contribution >= 0.6 is 0 Å². The fraction of sp³-hybridized carbons (Fsp3) is 0.240. The molecule has 0 aliphatic heterocycles. The minimum atomic E-state index is -0.288. The molecular formula is C25H25FN4O. The van der Waals surface area contributed by atoms with Crippen LogP contribution in [0, 0.1) is 12.7 Å². The summed E-state index contributed by atoms with van der Waals surface area (Å²) in [4.78, 5) is 20.2. The molecule has 0 unspecified atom stereocenters. The van der Waals surface area contributed by atoms with Crippen molar-refractivity contribution in [3.05, 3.63) is 83.4 Å². The van der Waals surface area contributed by atoms with E-state index in [1.165, 1.54) is 12.1 Å². The van der Waals surface area contributed by atoms with Gasteiger partial charge in [0, 0.05) is 30.7 Å². The Morgan fingerprint density at radius 1 is 1.16 bits per heavy atom. The first-order chi connectivity index (χ1) is 14.9. The number of halogens is 1. The van der Waals surface area contributed by atoms with E-state index in [0.717, 1.165) is 33.4 Å². The van der Waals surface area contributed by atoms with Gasteiger partial charge in [0.05, 0.1) is 29.0 Å². The van der Waals surface area contributed by atoms with E-state index in [9.17, 15) is 9.18 Å². The van der Waals surface area contributed by atoms with Gasteiger partial charge in [-0.1, -0.05) is 37.3 Å². The number of pyridine rings is 1. The SMILES string of the molecule is CC[C@@H](c1ccc(F)cc1)N(C)C(=O)c1cc(-c2cnn(C)c2C)nc2ccccc12. The maximum absolute atomic E-state index is 13.7. The van der Waals surface area contributed by atoms with Gasteiger partial charge in [-0.2, -0.15) is 5.10 Å². The van der Waals surface area contributed by atoms with Crippen molar-refractivity contribution in [1.82, 2.24) is 19.7 Å². The molecule has 0 bridgehead atoms. The Bertz CT molecular complexity index is 1250. The number of aryl methyl sites for hydroxylation is 1. The van der Waals surface area contributed by atoms with Gasteiger partial charge >= 0.3 is 0 Å². The molecule has 0 saturated carbocycles. The average Bonchev–Trinajstić information content (AvgIpc) is 3.12. The van der Waals surface area contributed by atoms with Crippen LogP contribution in [0.4, 0.5) is 4.39 Å². The highest BCUT2D eigenvalue weighted by Gasteiger charge is 2.24. The lowest BCUT2D eigenvalue weighted by atomic mass is 10.00. The van der Waals surface area contributed by atoms with Crippen molar-refractivity contribution >= 4 is 16.8 Å². The molecule has 1 atom stereocenters. The molecule has 0 fully saturated rings. The fourth-order valence-corrected chi connectivity index (χ4v) is 3.99. The number of carbonyl (C=O) groups excluding carboxylic acids is 1. The standard InChI is InChI=1S/C25H25FN4O/c1-5-24(17-10-12-18(26)13-11-17)29(3)25(31)20-14-23(21-15-27-30(4)16(21)2)28-22-9-7-6-8-19(20)22/h6-15,24H,5H2,1-4H3/t24-/m0/s1. The highest BCUT2D eigenvalue weighted by molar-refractivity contribution is 6.07. The van der Waals surface area contributed by atoms with Gasteiger partial charge in [-0.3, -0.25) is 9.48 Å². The highest BCUT2D eigenvalue weighted by Crippen LogP contribution is 2.30. The fourth-order valence-electron chi connectivity index (χ4n) is 3.99. The number of amides is 1. The van der Waals surface area contributed by atoms with Gasteiger partial charge in [-0.25, -0.2) is 9.37 Å². The summed E-state index contributed by atoms with van der Waals surface area (Å²) < 4.78 is 15.2. The quantitative estimate of drug-likeness (QED) is 0.443.